The lowest BCUT2D eigenvalue weighted by atomic mass is 10.1. The van der Waals surface area contributed by atoms with Crippen molar-refractivity contribution in [3.05, 3.63) is 52.5 Å². The van der Waals surface area contributed by atoms with Crippen LogP contribution in [0.5, 0.6) is 0 Å². The minimum atomic E-state index is -0.927. The van der Waals surface area contributed by atoms with E-state index in [0.29, 0.717) is 12.1 Å². The van der Waals surface area contributed by atoms with Crippen molar-refractivity contribution in [1.82, 2.24) is 4.90 Å². The Morgan fingerprint density at radius 2 is 2.00 bits per heavy atom. The first-order chi connectivity index (χ1) is 13.2. The van der Waals surface area contributed by atoms with Crippen LogP contribution in [0.4, 0.5) is 10.3 Å². The van der Waals surface area contributed by atoms with Crippen molar-refractivity contribution in [2.24, 2.45) is 5.73 Å². The van der Waals surface area contributed by atoms with E-state index in [-0.39, 0.29) is 41.7 Å². The number of nitrogens with two attached hydrogens (primary N) is 1. The molecule has 0 fully saturated rings. The molecule has 0 radical (unpaired) electrons. The summed E-state index contributed by atoms with van der Waals surface area (Å²) >= 11 is 0. The summed E-state index contributed by atoms with van der Waals surface area (Å²) in [6, 6.07) is 6.04. The van der Waals surface area contributed by atoms with E-state index in [1.54, 1.807) is 31.0 Å². The van der Waals surface area contributed by atoms with E-state index < -0.39 is 17.8 Å². The number of hydrogen-bond donors (Lipinski definition) is 2. The molecular weight excluding hydrogens is 369 g/mol. The minimum Gasteiger partial charge on any atom is -0.462 e. The van der Waals surface area contributed by atoms with Crippen molar-refractivity contribution in [2.75, 3.05) is 25.5 Å². The quantitative estimate of drug-likeness (QED) is 0.666. The molecule has 0 unspecified atom stereocenters. The van der Waals surface area contributed by atoms with Gasteiger partial charge in [-0.3, -0.25) is 19.8 Å². The Labute approximate surface area is 161 Å². The number of esters is 1. The lowest BCUT2D eigenvalue weighted by Crippen LogP contribution is -2.30. The van der Waals surface area contributed by atoms with Gasteiger partial charge in [0.25, 0.3) is 5.91 Å². The Morgan fingerprint density at radius 1 is 1.29 bits per heavy atom. The number of halogens is 1. The van der Waals surface area contributed by atoms with Crippen molar-refractivity contribution in [2.45, 2.75) is 20.4 Å². The molecule has 28 heavy (non-hydrogen) atoms. The smallest absolute Gasteiger partial charge is 0.342 e. The van der Waals surface area contributed by atoms with Crippen LogP contribution in [0.3, 0.4) is 0 Å². The third-order valence-electron chi connectivity index (χ3n) is 3.82. The highest BCUT2D eigenvalue weighted by Gasteiger charge is 2.29. The molecule has 1 aromatic heterocycles. The van der Waals surface area contributed by atoms with Crippen LogP contribution in [0.15, 0.2) is 28.7 Å². The van der Waals surface area contributed by atoms with Gasteiger partial charge in [0.2, 0.25) is 11.8 Å². The number of anilines is 1. The summed E-state index contributed by atoms with van der Waals surface area (Å²) in [5, 5.41) is 2.45. The van der Waals surface area contributed by atoms with Crippen LogP contribution >= 0.6 is 0 Å². The lowest BCUT2D eigenvalue weighted by molar-refractivity contribution is -0.117. The summed E-state index contributed by atoms with van der Waals surface area (Å²) in [6.07, 6.45) is 0. The lowest BCUT2D eigenvalue weighted by Gasteiger charge is -2.16. The molecule has 0 atom stereocenters. The highest BCUT2D eigenvalue weighted by atomic mass is 19.1. The Hall–Kier alpha value is -3.20. The van der Waals surface area contributed by atoms with Crippen LogP contribution in [0, 0.1) is 12.7 Å². The number of hydrogen-bond acceptors (Lipinski definition) is 6. The van der Waals surface area contributed by atoms with Crippen LogP contribution < -0.4 is 11.1 Å². The van der Waals surface area contributed by atoms with Crippen LogP contribution in [0.25, 0.3) is 0 Å². The summed E-state index contributed by atoms with van der Waals surface area (Å²) < 4.78 is 23.5. The number of carbonyl (C=O) groups is 3. The Bertz CT molecular complexity index is 894. The van der Waals surface area contributed by atoms with Gasteiger partial charge in [-0.25, -0.2) is 9.18 Å². The van der Waals surface area contributed by atoms with Gasteiger partial charge in [0.1, 0.15) is 22.7 Å². The third kappa shape index (κ3) is 5.17. The van der Waals surface area contributed by atoms with Gasteiger partial charge in [0.05, 0.1) is 13.2 Å². The molecule has 0 saturated heterocycles. The van der Waals surface area contributed by atoms with Crippen molar-refractivity contribution in [1.29, 1.82) is 0 Å². The molecule has 1 heterocycles. The predicted octanol–water partition coefficient (Wildman–Crippen LogP) is 2.07. The molecule has 0 saturated carbocycles. The number of aryl methyl sites for hydroxylation is 1. The fourth-order valence-corrected chi connectivity index (χ4v) is 2.73. The highest BCUT2D eigenvalue weighted by molar-refractivity contribution is 6.10. The van der Waals surface area contributed by atoms with E-state index in [9.17, 15) is 18.8 Å². The van der Waals surface area contributed by atoms with Gasteiger partial charge in [0, 0.05) is 6.54 Å². The van der Waals surface area contributed by atoms with Gasteiger partial charge in [-0.2, -0.15) is 0 Å². The predicted molar refractivity (Wildman–Crippen MR) is 99.3 cm³/mol. The second-order valence-corrected chi connectivity index (χ2v) is 6.17. The Morgan fingerprint density at radius 3 is 2.61 bits per heavy atom. The zero-order valence-corrected chi connectivity index (χ0v) is 15.9. The van der Waals surface area contributed by atoms with E-state index in [2.05, 4.69) is 5.32 Å². The van der Waals surface area contributed by atoms with Crippen LogP contribution in [0.1, 0.15) is 39.0 Å². The minimum absolute atomic E-state index is 0.0663. The number of nitrogens with zero attached hydrogens (tertiary/aromatic N) is 1. The van der Waals surface area contributed by atoms with Gasteiger partial charge >= 0.3 is 5.97 Å². The van der Waals surface area contributed by atoms with E-state index in [4.69, 9.17) is 14.9 Å². The summed E-state index contributed by atoms with van der Waals surface area (Å²) in [7, 11) is 1.68. The second kappa shape index (κ2) is 9.14. The second-order valence-electron chi connectivity index (χ2n) is 6.17. The molecule has 3 N–H and O–H groups in total. The van der Waals surface area contributed by atoms with E-state index in [0.717, 1.165) is 0 Å². The number of furan rings is 1. The molecule has 2 aromatic rings. The average Bonchev–Trinajstić information content (AvgIpc) is 2.90. The van der Waals surface area contributed by atoms with Crippen LogP contribution in [0.2, 0.25) is 0 Å². The molecular formula is C19H22FN3O5. The number of likely N-dealkylation sites (N-methyl/N-ethyl adjacent to an activating group) is 1. The maximum atomic E-state index is 13.3. The monoisotopic (exact) mass is 391 g/mol. The SMILES string of the molecule is CCOC(=O)c1c(C)oc(NC(=O)CN(C)Cc2cccc(F)c2)c1C(N)=O. The van der Waals surface area contributed by atoms with Gasteiger partial charge in [-0.1, -0.05) is 12.1 Å². The van der Waals surface area contributed by atoms with Gasteiger partial charge in [0.15, 0.2) is 0 Å². The molecule has 2 rings (SSSR count). The van der Waals surface area contributed by atoms with Crippen molar-refractivity contribution in [3.63, 3.8) is 0 Å². The van der Waals surface area contributed by atoms with E-state index in [1.165, 1.54) is 19.1 Å². The molecule has 9 heteroatoms. The highest BCUT2D eigenvalue weighted by Crippen LogP contribution is 2.27. The zero-order chi connectivity index (χ0) is 20.8. The normalized spacial score (nSPS) is 10.8. The number of primary amides is 1. The topological polar surface area (TPSA) is 115 Å². The van der Waals surface area contributed by atoms with Gasteiger partial charge < -0.3 is 14.9 Å². The van der Waals surface area contributed by atoms with Crippen molar-refractivity contribution in [3.8, 4) is 0 Å². The fraction of sp³-hybridized carbons (Fsp3) is 0.316. The van der Waals surface area contributed by atoms with Gasteiger partial charge in [-0.05, 0) is 38.6 Å². The maximum absolute atomic E-state index is 13.3. The number of carbonyl (C=O) groups excluding carboxylic acids is 3. The Kier molecular flexibility index (Phi) is 6.89. The number of ether oxygens (including phenoxy) is 1. The molecule has 0 aliphatic heterocycles. The first kappa shape index (κ1) is 21.1. The zero-order valence-electron chi connectivity index (χ0n) is 15.9. The maximum Gasteiger partial charge on any atom is 0.342 e. The third-order valence-corrected chi connectivity index (χ3v) is 3.82. The van der Waals surface area contributed by atoms with Gasteiger partial charge in [-0.15, -0.1) is 0 Å². The number of amides is 2. The van der Waals surface area contributed by atoms with Crippen molar-refractivity contribution < 1.29 is 27.9 Å². The summed E-state index contributed by atoms with van der Waals surface area (Å²) in [5.41, 5.74) is 5.70. The number of rotatable bonds is 8. The first-order valence-electron chi connectivity index (χ1n) is 8.56. The average molecular weight is 391 g/mol. The molecule has 1 aromatic carbocycles. The molecule has 0 bridgehead atoms. The largest absolute Gasteiger partial charge is 0.462 e. The van der Waals surface area contributed by atoms with Crippen molar-refractivity contribution >= 4 is 23.7 Å². The Balaban J connectivity index is 2.11. The van der Waals surface area contributed by atoms with Crippen LogP contribution in [-0.2, 0) is 16.1 Å². The molecule has 8 nitrogen and oxygen atoms in total. The summed E-state index contributed by atoms with van der Waals surface area (Å²) in [6.45, 7) is 3.45. The number of nitrogens with one attached hydrogen (secondary N) is 1. The van der Waals surface area contributed by atoms with E-state index in [1.807, 2.05) is 0 Å². The standard InChI is InChI=1S/C19H22FN3O5/c1-4-27-19(26)15-11(2)28-18(16(15)17(21)25)22-14(24)10-23(3)9-12-6-5-7-13(20)8-12/h5-8H,4,9-10H2,1-3H3,(H2,21,25)(H,22,24). The summed E-state index contributed by atoms with van der Waals surface area (Å²) in [4.78, 5) is 37.8. The molecule has 0 aliphatic rings. The van der Waals surface area contributed by atoms with Crippen LogP contribution in [-0.4, -0.2) is 42.9 Å². The molecule has 0 spiro atoms. The fourth-order valence-electron chi connectivity index (χ4n) is 2.73. The number of benzene rings is 1. The van der Waals surface area contributed by atoms with E-state index >= 15 is 0 Å². The molecule has 2 amide bonds. The molecule has 0 aliphatic carbocycles. The first-order valence-corrected chi connectivity index (χ1v) is 8.56. The molecule has 150 valence electrons. The summed E-state index contributed by atoms with van der Waals surface area (Å²) in [5.74, 6) is -2.65.